The molecule has 0 radical (unpaired) electrons. The number of phenolic OH excluding ortho intramolecular Hbond substituents is 1. The highest BCUT2D eigenvalue weighted by atomic mass is 32.2. The van der Waals surface area contributed by atoms with Gasteiger partial charge in [0.25, 0.3) is 5.91 Å². The van der Waals surface area contributed by atoms with Crippen molar-refractivity contribution >= 4 is 31.6 Å². The topological polar surface area (TPSA) is 133 Å². The Kier molecular flexibility index (Phi) is 7.75. The number of nitrogens with one attached hydrogen (secondary N) is 1. The van der Waals surface area contributed by atoms with Crippen LogP contribution in [-0.2, 0) is 24.8 Å². The quantitative estimate of drug-likeness (QED) is 0.530. The van der Waals surface area contributed by atoms with Gasteiger partial charge in [-0.3, -0.25) is 4.79 Å². The molecule has 1 aliphatic heterocycles. The minimum atomic E-state index is -3.82. The lowest BCUT2D eigenvalue weighted by Gasteiger charge is -2.26. The number of hydrogen-bond donors (Lipinski definition) is 2. The van der Waals surface area contributed by atoms with Gasteiger partial charge in [-0.25, -0.2) is 16.8 Å². The molecule has 3 rings (SSSR count). The minimum absolute atomic E-state index is 0.0594. The van der Waals surface area contributed by atoms with Gasteiger partial charge in [-0.05, 0) is 42.5 Å². The monoisotopic (exact) mass is 497 g/mol. The van der Waals surface area contributed by atoms with Crippen molar-refractivity contribution < 1.29 is 31.5 Å². The molecule has 1 fully saturated rings. The van der Waals surface area contributed by atoms with Gasteiger partial charge in [-0.2, -0.15) is 8.61 Å². The Morgan fingerprint density at radius 3 is 2.15 bits per heavy atom. The third kappa shape index (κ3) is 5.36. The van der Waals surface area contributed by atoms with E-state index in [-0.39, 0.29) is 39.9 Å². The van der Waals surface area contributed by atoms with Crippen LogP contribution in [0.5, 0.6) is 5.75 Å². The average Bonchev–Trinajstić information content (AvgIpc) is 2.81. The summed E-state index contributed by atoms with van der Waals surface area (Å²) >= 11 is 0. The van der Waals surface area contributed by atoms with Crippen molar-refractivity contribution in [2.45, 2.75) is 23.6 Å². The number of phenols is 1. The van der Waals surface area contributed by atoms with Crippen LogP contribution in [0.15, 0.2) is 52.3 Å². The van der Waals surface area contributed by atoms with E-state index in [0.717, 1.165) is 0 Å². The van der Waals surface area contributed by atoms with E-state index in [1.165, 1.54) is 51.1 Å². The van der Waals surface area contributed by atoms with Gasteiger partial charge in [0, 0.05) is 31.7 Å². The van der Waals surface area contributed by atoms with E-state index in [9.17, 15) is 26.7 Å². The Hall–Kier alpha value is -2.51. The predicted molar refractivity (Wildman–Crippen MR) is 122 cm³/mol. The number of rotatable bonds is 8. The zero-order valence-electron chi connectivity index (χ0n) is 18.4. The summed E-state index contributed by atoms with van der Waals surface area (Å²) in [5.41, 5.74) is 0.0727. The fraction of sp³-hybridized carbons (Fsp3) is 0.381. The van der Waals surface area contributed by atoms with Gasteiger partial charge in [0.2, 0.25) is 20.0 Å². The Labute approximate surface area is 193 Å². The molecule has 0 aliphatic carbocycles. The van der Waals surface area contributed by atoms with Crippen molar-refractivity contribution in [3.63, 3.8) is 0 Å². The summed E-state index contributed by atoms with van der Waals surface area (Å²) in [4.78, 5) is 12.7. The molecular formula is C21H27N3O7S2. The molecule has 1 saturated heterocycles. The molecule has 180 valence electrons. The number of aromatic hydroxyl groups is 1. The summed E-state index contributed by atoms with van der Waals surface area (Å²) in [6, 6.07) is 9.04. The SMILES string of the molecule is CCN(CC)S(=O)(=O)c1ccc(C(=O)Nc2cc(S(=O)(=O)N3CCOCC3)ccc2O)cc1. The van der Waals surface area contributed by atoms with Gasteiger partial charge in [-0.1, -0.05) is 13.8 Å². The molecule has 0 unspecified atom stereocenters. The smallest absolute Gasteiger partial charge is 0.255 e. The molecule has 0 bridgehead atoms. The van der Waals surface area contributed by atoms with Crippen molar-refractivity contribution in [2.75, 3.05) is 44.7 Å². The van der Waals surface area contributed by atoms with Crippen LogP contribution in [-0.4, -0.2) is 75.9 Å². The molecule has 10 nitrogen and oxygen atoms in total. The first-order valence-corrected chi connectivity index (χ1v) is 13.3. The first-order chi connectivity index (χ1) is 15.6. The summed E-state index contributed by atoms with van der Waals surface area (Å²) in [6.07, 6.45) is 0. The maximum atomic E-state index is 12.9. The van der Waals surface area contributed by atoms with E-state index in [2.05, 4.69) is 5.32 Å². The second-order valence-electron chi connectivity index (χ2n) is 7.26. The van der Waals surface area contributed by atoms with E-state index in [1.807, 2.05) is 0 Å². The van der Waals surface area contributed by atoms with Crippen LogP contribution in [0.1, 0.15) is 24.2 Å². The lowest BCUT2D eigenvalue weighted by molar-refractivity contribution is 0.0730. The Bertz CT molecular complexity index is 1200. The zero-order valence-corrected chi connectivity index (χ0v) is 20.0. The number of amides is 1. The number of anilines is 1. The van der Waals surface area contributed by atoms with Crippen LogP contribution < -0.4 is 5.32 Å². The molecule has 1 aliphatic rings. The highest BCUT2D eigenvalue weighted by Crippen LogP contribution is 2.29. The lowest BCUT2D eigenvalue weighted by Crippen LogP contribution is -2.40. The van der Waals surface area contributed by atoms with E-state index in [4.69, 9.17) is 4.74 Å². The van der Waals surface area contributed by atoms with Gasteiger partial charge in [-0.15, -0.1) is 0 Å². The molecule has 33 heavy (non-hydrogen) atoms. The molecular weight excluding hydrogens is 470 g/mol. The maximum absolute atomic E-state index is 12.9. The maximum Gasteiger partial charge on any atom is 0.255 e. The minimum Gasteiger partial charge on any atom is -0.506 e. The molecule has 2 aromatic carbocycles. The van der Waals surface area contributed by atoms with E-state index >= 15 is 0 Å². The number of carbonyl (C=O) groups excluding carboxylic acids is 1. The van der Waals surface area contributed by atoms with Gasteiger partial charge >= 0.3 is 0 Å². The van der Waals surface area contributed by atoms with Crippen molar-refractivity contribution in [1.29, 1.82) is 0 Å². The molecule has 2 N–H and O–H groups in total. The summed E-state index contributed by atoms with van der Waals surface area (Å²) in [6.45, 7) is 5.14. The van der Waals surface area contributed by atoms with Crippen molar-refractivity contribution in [3.8, 4) is 5.75 Å². The molecule has 0 aromatic heterocycles. The van der Waals surface area contributed by atoms with Crippen LogP contribution >= 0.6 is 0 Å². The highest BCUT2D eigenvalue weighted by molar-refractivity contribution is 7.89. The second kappa shape index (κ2) is 10.2. The predicted octanol–water partition coefficient (Wildman–Crippen LogP) is 1.70. The van der Waals surface area contributed by atoms with Crippen LogP contribution in [0.25, 0.3) is 0 Å². The standard InChI is InChI=1S/C21H27N3O7S2/c1-3-23(4-2)32(27,28)17-7-5-16(6-8-17)21(26)22-19-15-18(9-10-20(19)25)33(29,30)24-11-13-31-14-12-24/h5-10,15,25H,3-4,11-14H2,1-2H3,(H,22,26). The Balaban J connectivity index is 1.81. The fourth-order valence-electron chi connectivity index (χ4n) is 3.40. The van der Waals surface area contributed by atoms with Gasteiger partial charge in [0.15, 0.2) is 0 Å². The molecule has 0 atom stereocenters. The highest BCUT2D eigenvalue weighted by Gasteiger charge is 2.27. The third-order valence-electron chi connectivity index (χ3n) is 5.28. The number of benzene rings is 2. The largest absolute Gasteiger partial charge is 0.506 e. The summed E-state index contributed by atoms with van der Waals surface area (Å²) in [5, 5.41) is 12.6. The summed E-state index contributed by atoms with van der Waals surface area (Å²) < 4.78 is 58.7. The number of morpholine rings is 1. The van der Waals surface area contributed by atoms with E-state index in [0.29, 0.717) is 26.3 Å². The van der Waals surface area contributed by atoms with Gasteiger partial charge in [0.05, 0.1) is 28.7 Å². The van der Waals surface area contributed by atoms with Gasteiger partial charge < -0.3 is 15.2 Å². The normalized spacial score (nSPS) is 15.5. The number of sulfonamides is 2. The Morgan fingerprint density at radius 2 is 1.58 bits per heavy atom. The van der Waals surface area contributed by atoms with Crippen molar-refractivity contribution in [1.82, 2.24) is 8.61 Å². The fourth-order valence-corrected chi connectivity index (χ4v) is 6.29. The van der Waals surface area contributed by atoms with Crippen molar-refractivity contribution in [3.05, 3.63) is 48.0 Å². The second-order valence-corrected chi connectivity index (χ2v) is 11.1. The van der Waals surface area contributed by atoms with Crippen LogP contribution in [0.2, 0.25) is 0 Å². The molecule has 1 amide bonds. The molecule has 12 heteroatoms. The van der Waals surface area contributed by atoms with Crippen LogP contribution in [0.3, 0.4) is 0 Å². The number of nitrogens with zero attached hydrogens (tertiary/aromatic N) is 2. The molecule has 1 heterocycles. The summed E-state index contributed by atoms with van der Waals surface area (Å²) in [5.74, 6) is -0.928. The lowest BCUT2D eigenvalue weighted by atomic mass is 10.2. The molecule has 0 spiro atoms. The first-order valence-electron chi connectivity index (χ1n) is 10.4. The molecule has 2 aromatic rings. The van der Waals surface area contributed by atoms with Gasteiger partial charge in [0.1, 0.15) is 5.75 Å². The van der Waals surface area contributed by atoms with Crippen LogP contribution in [0.4, 0.5) is 5.69 Å². The third-order valence-corrected chi connectivity index (χ3v) is 9.24. The average molecular weight is 498 g/mol. The van der Waals surface area contributed by atoms with E-state index in [1.54, 1.807) is 13.8 Å². The summed E-state index contributed by atoms with van der Waals surface area (Å²) in [7, 11) is -7.48. The molecule has 0 saturated carbocycles. The number of carbonyl (C=O) groups is 1. The zero-order chi connectivity index (χ0) is 24.2. The number of hydrogen-bond acceptors (Lipinski definition) is 7. The Morgan fingerprint density at radius 1 is 1.00 bits per heavy atom. The first kappa shape index (κ1) is 25.1. The number of ether oxygens (including phenoxy) is 1. The van der Waals surface area contributed by atoms with Crippen LogP contribution in [0, 0.1) is 0 Å². The van der Waals surface area contributed by atoms with E-state index < -0.39 is 26.0 Å². The van der Waals surface area contributed by atoms with Crippen molar-refractivity contribution in [2.24, 2.45) is 0 Å².